The van der Waals surface area contributed by atoms with Gasteiger partial charge in [0.2, 0.25) is 0 Å². The van der Waals surface area contributed by atoms with Crippen molar-refractivity contribution in [2.24, 2.45) is 5.73 Å². The summed E-state index contributed by atoms with van der Waals surface area (Å²) in [5, 5.41) is 8.77. The number of rotatable bonds is 4. The Morgan fingerprint density at radius 2 is 2.18 bits per heavy atom. The number of nitrogens with two attached hydrogens (primary N) is 1. The number of aromatic nitrogens is 3. The van der Waals surface area contributed by atoms with Crippen LogP contribution in [-0.2, 0) is 13.1 Å². The van der Waals surface area contributed by atoms with E-state index in [9.17, 15) is 0 Å². The molecule has 4 nitrogen and oxygen atoms in total. The van der Waals surface area contributed by atoms with E-state index in [2.05, 4.69) is 16.9 Å². The van der Waals surface area contributed by atoms with Crippen LogP contribution >= 0.6 is 11.6 Å². The molecule has 1 aromatic carbocycles. The van der Waals surface area contributed by atoms with E-state index in [1.807, 2.05) is 24.3 Å². The molecule has 2 aromatic rings. The molecule has 1 aromatic heterocycles. The SMILES string of the molecule is C=CCn1nnc(CN)c1-c1ccccc1Cl. The summed E-state index contributed by atoms with van der Waals surface area (Å²) >= 11 is 6.18. The van der Waals surface area contributed by atoms with Crippen LogP contribution in [0.25, 0.3) is 11.3 Å². The van der Waals surface area contributed by atoms with E-state index >= 15 is 0 Å². The molecule has 0 unspecified atom stereocenters. The zero-order valence-corrected chi connectivity index (χ0v) is 10.1. The minimum absolute atomic E-state index is 0.331. The van der Waals surface area contributed by atoms with Crippen LogP contribution in [0.2, 0.25) is 5.02 Å². The molecule has 0 aliphatic heterocycles. The molecule has 0 amide bonds. The van der Waals surface area contributed by atoms with Gasteiger partial charge in [-0.25, -0.2) is 4.68 Å². The van der Waals surface area contributed by atoms with Gasteiger partial charge in [0.1, 0.15) is 5.69 Å². The maximum Gasteiger partial charge on any atom is 0.104 e. The fraction of sp³-hybridized carbons (Fsp3) is 0.167. The van der Waals surface area contributed by atoms with Crippen molar-refractivity contribution in [3.63, 3.8) is 0 Å². The van der Waals surface area contributed by atoms with Gasteiger partial charge in [-0.1, -0.05) is 41.1 Å². The van der Waals surface area contributed by atoms with Gasteiger partial charge in [-0.05, 0) is 6.07 Å². The van der Waals surface area contributed by atoms with Crippen molar-refractivity contribution < 1.29 is 0 Å². The third-order valence-corrected chi connectivity index (χ3v) is 2.76. The van der Waals surface area contributed by atoms with Gasteiger partial charge in [0.15, 0.2) is 0 Å². The molecule has 17 heavy (non-hydrogen) atoms. The van der Waals surface area contributed by atoms with Gasteiger partial charge in [0.25, 0.3) is 0 Å². The topological polar surface area (TPSA) is 56.7 Å². The Labute approximate surface area is 105 Å². The second-order valence-corrected chi connectivity index (χ2v) is 3.95. The van der Waals surface area contributed by atoms with Crippen LogP contribution in [0.1, 0.15) is 5.69 Å². The van der Waals surface area contributed by atoms with Gasteiger partial charge < -0.3 is 5.73 Å². The largest absolute Gasteiger partial charge is 0.325 e. The van der Waals surface area contributed by atoms with Gasteiger partial charge in [0.05, 0.1) is 17.3 Å². The van der Waals surface area contributed by atoms with Crippen LogP contribution in [0, 0.1) is 0 Å². The van der Waals surface area contributed by atoms with E-state index in [-0.39, 0.29) is 0 Å². The summed E-state index contributed by atoms with van der Waals surface area (Å²) in [7, 11) is 0. The van der Waals surface area contributed by atoms with Crippen molar-refractivity contribution in [3.05, 3.63) is 47.6 Å². The molecule has 0 fully saturated rings. The number of hydrogen-bond donors (Lipinski definition) is 1. The first-order valence-electron chi connectivity index (χ1n) is 5.26. The van der Waals surface area contributed by atoms with Crippen molar-refractivity contribution >= 4 is 11.6 Å². The third-order valence-electron chi connectivity index (χ3n) is 2.43. The minimum atomic E-state index is 0.331. The molecular formula is C12H13ClN4. The normalized spacial score (nSPS) is 10.5. The monoisotopic (exact) mass is 248 g/mol. The maximum absolute atomic E-state index is 6.18. The maximum atomic E-state index is 6.18. The summed E-state index contributed by atoms with van der Waals surface area (Å²) in [4.78, 5) is 0. The molecule has 0 saturated heterocycles. The lowest BCUT2D eigenvalue weighted by Gasteiger charge is -2.07. The molecule has 2 rings (SSSR count). The van der Waals surface area contributed by atoms with Crippen molar-refractivity contribution in [2.75, 3.05) is 0 Å². The number of halogens is 1. The fourth-order valence-electron chi connectivity index (χ4n) is 1.68. The third kappa shape index (κ3) is 2.23. The van der Waals surface area contributed by atoms with E-state index in [1.165, 1.54) is 0 Å². The first-order valence-corrected chi connectivity index (χ1v) is 5.64. The molecule has 0 radical (unpaired) electrons. The highest BCUT2D eigenvalue weighted by Gasteiger charge is 2.15. The molecule has 5 heteroatoms. The lowest BCUT2D eigenvalue weighted by molar-refractivity contribution is 0.667. The summed E-state index contributed by atoms with van der Waals surface area (Å²) in [6, 6.07) is 7.57. The van der Waals surface area contributed by atoms with Crippen molar-refractivity contribution in [1.82, 2.24) is 15.0 Å². The van der Waals surface area contributed by atoms with E-state index in [0.29, 0.717) is 18.1 Å². The molecular weight excluding hydrogens is 236 g/mol. The Morgan fingerprint density at radius 1 is 1.41 bits per heavy atom. The highest BCUT2D eigenvalue weighted by molar-refractivity contribution is 6.33. The highest BCUT2D eigenvalue weighted by Crippen LogP contribution is 2.29. The Balaban J connectivity index is 2.60. The summed E-state index contributed by atoms with van der Waals surface area (Å²) in [5.74, 6) is 0. The van der Waals surface area contributed by atoms with E-state index < -0.39 is 0 Å². The molecule has 0 saturated carbocycles. The summed E-state index contributed by atoms with van der Waals surface area (Å²) < 4.78 is 1.75. The smallest absolute Gasteiger partial charge is 0.104 e. The zero-order valence-electron chi connectivity index (χ0n) is 9.31. The summed E-state index contributed by atoms with van der Waals surface area (Å²) in [6.45, 7) is 4.60. The summed E-state index contributed by atoms with van der Waals surface area (Å²) in [5.41, 5.74) is 8.15. The van der Waals surface area contributed by atoms with Crippen LogP contribution in [0.4, 0.5) is 0 Å². The predicted molar refractivity (Wildman–Crippen MR) is 68.6 cm³/mol. The minimum Gasteiger partial charge on any atom is -0.325 e. The lowest BCUT2D eigenvalue weighted by atomic mass is 10.1. The molecule has 0 aliphatic carbocycles. The van der Waals surface area contributed by atoms with Gasteiger partial charge in [-0.3, -0.25) is 0 Å². The Morgan fingerprint density at radius 3 is 2.82 bits per heavy atom. The van der Waals surface area contributed by atoms with Crippen LogP contribution < -0.4 is 5.73 Å². The molecule has 0 bridgehead atoms. The number of hydrogen-bond acceptors (Lipinski definition) is 3. The van der Waals surface area contributed by atoms with E-state index in [0.717, 1.165) is 17.0 Å². The van der Waals surface area contributed by atoms with Gasteiger partial charge in [-0.15, -0.1) is 11.7 Å². The van der Waals surface area contributed by atoms with Crippen LogP contribution in [0.3, 0.4) is 0 Å². The summed E-state index contributed by atoms with van der Waals surface area (Å²) in [6.07, 6.45) is 1.76. The Hall–Kier alpha value is -1.65. The quantitative estimate of drug-likeness (QED) is 0.845. The standard InChI is InChI=1S/C12H13ClN4/c1-2-7-17-12(11(8-14)15-16-17)9-5-3-4-6-10(9)13/h2-6H,1,7-8,14H2. The molecule has 1 heterocycles. The van der Waals surface area contributed by atoms with Crippen LogP contribution in [-0.4, -0.2) is 15.0 Å². The number of nitrogens with zero attached hydrogens (tertiary/aromatic N) is 3. The first-order chi connectivity index (χ1) is 8.27. The van der Waals surface area contributed by atoms with Crippen molar-refractivity contribution in [3.8, 4) is 11.3 Å². The Bertz CT molecular complexity index is 533. The zero-order chi connectivity index (χ0) is 12.3. The van der Waals surface area contributed by atoms with Crippen molar-refractivity contribution in [1.29, 1.82) is 0 Å². The van der Waals surface area contributed by atoms with Crippen molar-refractivity contribution in [2.45, 2.75) is 13.1 Å². The lowest BCUT2D eigenvalue weighted by Crippen LogP contribution is -2.03. The molecule has 0 spiro atoms. The van der Waals surface area contributed by atoms with Gasteiger partial charge in [0, 0.05) is 12.1 Å². The second-order valence-electron chi connectivity index (χ2n) is 3.54. The second kappa shape index (κ2) is 5.12. The Kier molecular flexibility index (Phi) is 3.56. The highest BCUT2D eigenvalue weighted by atomic mass is 35.5. The molecule has 0 aliphatic rings. The fourth-order valence-corrected chi connectivity index (χ4v) is 1.91. The van der Waals surface area contributed by atoms with Gasteiger partial charge in [-0.2, -0.15) is 0 Å². The first kappa shape index (κ1) is 11.8. The van der Waals surface area contributed by atoms with Crippen LogP contribution in [0.15, 0.2) is 36.9 Å². The number of allylic oxidation sites excluding steroid dienone is 1. The molecule has 88 valence electrons. The average molecular weight is 249 g/mol. The molecule has 2 N–H and O–H groups in total. The predicted octanol–water partition coefficient (Wildman–Crippen LogP) is 2.24. The average Bonchev–Trinajstić information content (AvgIpc) is 2.73. The van der Waals surface area contributed by atoms with E-state index in [1.54, 1.807) is 10.8 Å². The number of benzene rings is 1. The van der Waals surface area contributed by atoms with Crippen LogP contribution in [0.5, 0.6) is 0 Å². The molecule has 0 atom stereocenters. The van der Waals surface area contributed by atoms with E-state index in [4.69, 9.17) is 17.3 Å². The van der Waals surface area contributed by atoms with Gasteiger partial charge >= 0.3 is 0 Å².